The van der Waals surface area contributed by atoms with Crippen LogP contribution in [-0.2, 0) is 0 Å². The average molecular weight is 206 g/mol. The Balaban J connectivity index is 2.47. The summed E-state index contributed by atoms with van der Waals surface area (Å²) < 4.78 is 0. The average Bonchev–Trinajstić information content (AvgIpc) is 2.69. The van der Waals surface area contributed by atoms with Gasteiger partial charge in [0.15, 0.2) is 5.75 Å². The van der Waals surface area contributed by atoms with Crippen LogP contribution in [0.4, 0.5) is 5.69 Å². The minimum Gasteiger partial charge on any atom is -0.502 e. The first-order valence-corrected chi connectivity index (χ1v) is 4.02. The van der Waals surface area contributed by atoms with Crippen LogP contribution in [0, 0.1) is 10.1 Å². The molecular formula is C8H6N4O3. The number of hydrogen-bond acceptors (Lipinski definition) is 5. The maximum Gasteiger partial charge on any atom is 0.310 e. The molecule has 0 amide bonds. The Morgan fingerprint density at radius 3 is 2.53 bits per heavy atom. The molecule has 1 heterocycles. The molecule has 0 aliphatic rings. The molecule has 2 rings (SSSR count). The summed E-state index contributed by atoms with van der Waals surface area (Å²) in [6.45, 7) is 0. The molecule has 1 aromatic heterocycles. The van der Waals surface area contributed by atoms with Crippen molar-refractivity contribution in [3.8, 4) is 11.4 Å². The van der Waals surface area contributed by atoms with Crippen LogP contribution in [0.25, 0.3) is 5.69 Å². The molecule has 0 aliphatic carbocycles. The molecule has 1 aromatic carbocycles. The summed E-state index contributed by atoms with van der Waals surface area (Å²) in [5, 5.41) is 27.4. The molecule has 7 heteroatoms. The molecule has 0 radical (unpaired) electrons. The first kappa shape index (κ1) is 9.13. The second kappa shape index (κ2) is 3.37. The highest BCUT2D eigenvalue weighted by molar-refractivity contribution is 5.51. The fourth-order valence-electron chi connectivity index (χ4n) is 1.14. The Labute approximate surface area is 83.7 Å². The highest BCUT2D eigenvalue weighted by Gasteiger charge is 2.13. The smallest absolute Gasteiger partial charge is 0.310 e. The minimum atomic E-state index is -0.657. The van der Waals surface area contributed by atoms with Crippen molar-refractivity contribution in [2.75, 3.05) is 0 Å². The summed E-state index contributed by atoms with van der Waals surface area (Å²) in [7, 11) is 0. The second-order valence-electron chi connectivity index (χ2n) is 2.75. The number of rotatable bonds is 2. The predicted octanol–water partition coefficient (Wildman–Crippen LogP) is 0.881. The zero-order valence-electron chi connectivity index (χ0n) is 7.44. The monoisotopic (exact) mass is 206 g/mol. The molecule has 1 N–H and O–H groups in total. The van der Waals surface area contributed by atoms with Crippen molar-refractivity contribution in [2.24, 2.45) is 0 Å². The van der Waals surface area contributed by atoms with Crippen molar-refractivity contribution in [1.82, 2.24) is 15.0 Å². The molecule has 0 aliphatic heterocycles. The zero-order valence-corrected chi connectivity index (χ0v) is 7.44. The molecule has 15 heavy (non-hydrogen) atoms. The van der Waals surface area contributed by atoms with Crippen molar-refractivity contribution in [1.29, 1.82) is 0 Å². The minimum absolute atomic E-state index is 0.342. The second-order valence-corrected chi connectivity index (χ2v) is 2.75. The number of aromatic nitrogens is 3. The van der Waals surface area contributed by atoms with Gasteiger partial charge in [0.25, 0.3) is 0 Å². The van der Waals surface area contributed by atoms with Crippen LogP contribution in [0.2, 0.25) is 0 Å². The molecule has 0 atom stereocenters. The SMILES string of the molecule is O=[N+]([O-])c1ccc(-n2nccn2)cc1O. The van der Waals surface area contributed by atoms with Crippen LogP contribution >= 0.6 is 0 Å². The quantitative estimate of drug-likeness (QED) is 0.581. The number of nitro groups is 1. The number of benzene rings is 1. The first-order chi connectivity index (χ1) is 7.18. The van der Waals surface area contributed by atoms with Gasteiger partial charge in [-0.3, -0.25) is 10.1 Å². The molecule has 0 spiro atoms. The van der Waals surface area contributed by atoms with Crippen molar-refractivity contribution < 1.29 is 10.0 Å². The number of aromatic hydroxyl groups is 1. The zero-order chi connectivity index (χ0) is 10.8. The van der Waals surface area contributed by atoms with Crippen LogP contribution in [0.3, 0.4) is 0 Å². The lowest BCUT2D eigenvalue weighted by atomic mass is 10.2. The molecular weight excluding hydrogens is 200 g/mol. The van der Waals surface area contributed by atoms with Gasteiger partial charge in [-0.1, -0.05) is 0 Å². The summed E-state index contributed by atoms with van der Waals surface area (Å²) in [6.07, 6.45) is 2.94. The first-order valence-electron chi connectivity index (χ1n) is 4.02. The number of phenolic OH excluding ortho intramolecular Hbond substituents is 1. The van der Waals surface area contributed by atoms with Gasteiger partial charge < -0.3 is 5.11 Å². The van der Waals surface area contributed by atoms with Gasteiger partial charge in [0.1, 0.15) is 0 Å². The van der Waals surface area contributed by atoms with Crippen LogP contribution in [0.5, 0.6) is 5.75 Å². The molecule has 0 fully saturated rings. The summed E-state index contributed by atoms with van der Waals surface area (Å²) in [6, 6.07) is 3.89. The van der Waals surface area contributed by atoms with E-state index in [1.54, 1.807) is 0 Å². The van der Waals surface area contributed by atoms with Gasteiger partial charge in [-0.05, 0) is 6.07 Å². The van der Waals surface area contributed by atoms with Gasteiger partial charge >= 0.3 is 5.69 Å². The van der Waals surface area contributed by atoms with Gasteiger partial charge in [-0.15, -0.1) is 0 Å². The Morgan fingerprint density at radius 1 is 1.33 bits per heavy atom. The van der Waals surface area contributed by atoms with Crippen molar-refractivity contribution in [3.05, 3.63) is 40.7 Å². The van der Waals surface area contributed by atoms with Gasteiger partial charge in [0.2, 0.25) is 0 Å². The maximum absolute atomic E-state index is 10.4. The van der Waals surface area contributed by atoms with Crippen molar-refractivity contribution in [2.45, 2.75) is 0 Å². The third-order valence-electron chi connectivity index (χ3n) is 1.81. The van der Waals surface area contributed by atoms with Crippen molar-refractivity contribution >= 4 is 5.69 Å². The van der Waals surface area contributed by atoms with Crippen LogP contribution in [-0.4, -0.2) is 25.0 Å². The summed E-state index contributed by atoms with van der Waals surface area (Å²) >= 11 is 0. The molecule has 7 nitrogen and oxygen atoms in total. The number of nitro benzene ring substituents is 1. The molecule has 76 valence electrons. The Hall–Kier alpha value is -2.44. The topological polar surface area (TPSA) is 94.1 Å². The van der Waals surface area contributed by atoms with E-state index in [0.717, 1.165) is 0 Å². The lowest BCUT2D eigenvalue weighted by Gasteiger charge is -2.00. The van der Waals surface area contributed by atoms with E-state index in [1.807, 2.05) is 0 Å². The molecule has 0 saturated heterocycles. The van der Waals surface area contributed by atoms with E-state index >= 15 is 0 Å². The van der Waals surface area contributed by atoms with E-state index in [4.69, 9.17) is 0 Å². The Bertz CT molecular complexity index is 495. The fourth-order valence-corrected chi connectivity index (χ4v) is 1.14. The number of hydrogen-bond donors (Lipinski definition) is 1. The van der Waals surface area contributed by atoms with E-state index < -0.39 is 10.7 Å². The maximum atomic E-state index is 10.4. The van der Waals surface area contributed by atoms with Crippen LogP contribution < -0.4 is 0 Å². The Morgan fingerprint density at radius 2 is 2.00 bits per heavy atom. The molecule has 2 aromatic rings. The van der Waals surface area contributed by atoms with E-state index in [1.165, 1.54) is 35.4 Å². The highest BCUT2D eigenvalue weighted by atomic mass is 16.6. The molecule has 0 bridgehead atoms. The fraction of sp³-hybridized carbons (Fsp3) is 0. The van der Waals surface area contributed by atoms with Gasteiger partial charge in [-0.25, -0.2) is 0 Å². The van der Waals surface area contributed by atoms with Crippen molar-refractivity contribution in [3.63, 3.8) is 0 Å². The summed E-state index contributed by atoms with van der Waals surface area (Å²) in [5.41, 5.74) is 0.119. The molecule has 0 saturated carbocycles. The van der Waals surface area contributed by atoms with E-state index in [9.17, 15) is 15.2 Å². The largest absolute Gasteiger partial charge is 0.502 e. The normalized spacial score (nSPS) is 10.1. The van der Waals surface area contributed by atoms with E-state index in [0.29, 0.717) is 5.69 Å². The van der Waals surface area contributed by atoms with E-state index in [-0.39, 0.29) is 5.69 Å². The lowest BCUT2D eigenvalue weighted by Crippen LogP contribution is -1.98. The van der Waals surface area contributed by atoms with Gasteiger partial charge in [0.05, 0.1) is 23.0 Å². The Kier molecular flexibility index (Phi) is 2.05. The third kappa shape index (κ3) is 1.62. The van der Waals surface area contributed by atoms with E-state index in [2.05, 4.69) is 10.2 Å². The van der Waals surface area contributed by atoms with Gasteiger partial charge in [0, 0.05) is 12.1 Å². The standard InChI is InChI=1S/C8H6N4O3/c13-8-5-6(11-9-3-4-10-11)1-2-7(8)12(14)15/h1-5,13H. The highest BCUT2D eigenvalue weighted by Crippen LogP contribution is 2.27. The third-order valence-corrected chi connectivity index (χ3v) is 1.81. The number of phenols is 1. The number of nitrogens with zero attached hydrogens (tertiary/aromatic N) is 4. The van der Waals surface area contributed by atoms with Gasteiger partial charge in [-0.2, -0.15) is 15.0 Å². The van der Waals surface area contributed by atoms with Crippen LogP contribution in [0.1, 0.15) is 0 Å². The lowest BCUT2D eigenvalue weighted by molar-refractivity contribution is -0.385. The summed E-state index contributed by atoms with van der Waals surface area (Å²) in [5.74, 6) is -0.408. The van der Waals surface area contributed by atoms with Crippen LogP contribution in [0.15, 0.2) is 30.6 Å². The molecule has 0 unspecified atom stereocenters. The predicted molar refractivity (Wildman–Crippen MR) is 49.7 cm³/mol. The summed E-state index contributed by atoms with van der Waals surface area (Å²) in [4.78, 5) is 11.0.